The third kappa shape index (κ3) is 3.31. The Morgan fingerprint density at radius 3 is 2.83 bits per heavy atom. The summed E-state index contributed by atoms with van der Waals surface area (Å²) >= 11 is 1.51. The highest BCUT2D eigenvalue weighted by atomic mass is 32.2. The summed E-state index contributed by atoms with van der Waals surface area (Å²) in [5.74, 6) is 1.76. The maximum Gasteiger partial charge on any atom is 0.231 e. The van der Waals surface area contributed by atoms with Crippen molar-refractivity contribution in [2.24, 2.45) is 5.73 Å². The lowest BCUT2D eigenvalue weighted by Gasteiger charge is -2.11. The van der Waals surface area contributed by atoms with Crippen LogP contribution in [0.25, 0.3) is 22.4 Å². The molecule has 4 heterocycles. The number of aromatic nitrogens is 6. The molecular formula is C19H20N8O2S. The van der Waals surface area contributed by atoms with Crippen LogP contribution in [0.5, 0.6) is 11.5 Å². The number of hydrogen-bond donors (Lipinski definition) is 3. The summed E-state index contributed by atoms with van der Waals surface area (Å²) in [6.45, 7) is 1.57. The minimum absolute atomic E-state index is 0.204. The topological polar surface area (TPSA) is 143 Å². The van der Waals surface area contributed by atoms with E-state index in [2.05, 4.69) is 24.7 Å². The maximum absolute atomic E-state index is 6.06. The zero-order valence-corrected chi connectivity index (χ0v) is 16.9. The average Bonchev–Trinajstić information content (AvgIpc) is 3.48. The van der Waals surface area contributed by atoms with Gasteiger partial charge in [-0.05, 0) is 37.6 Å². The van der Waals surface area contributed by atoms with Crippen molar-refractivity contribution in [1.29, 1.82) is 0 Å². The molecule has 0 amide bonds. The Bertz CT molecular complexity index is 1190. The van der Waals surface area contributed by atoms with Gasteiger partial charge in [0.2, 0.25) is 6.79 Å². The van der Waals surface area contributed by atoms with Crippen LogP contribution in [0.1, 0.15) is 12.8 Å². The number of imidazole rings is 1. The van der Waals surface area contributed by atoms with Gasteiger partial charge in [-0.2, -0.15) is 5.10 Å². The molecule has 0 saturated heterocycles. The number of nitrogens with two attached hydrogens (primary N) is 2. The third-order valence-corrected chi connectivity index (χ3v) is 5.88. The van der Waals surface area contributed by atoms with Crippen LogP contribution in [-0.2, 0) is 6.54 Å². The van der Waals surface area contributed by atoms with Crippen molar-refractivity contribution in [1.82, 2.24) is 29.7 Å². The normalized spacial score (nSPS) is 12.7. The van der Waals surface area contributed by atoms with E-state index in [-0.39, 0.29) is 6.79 Å². The molecule has 1 aliphatic heterocycles. The number of ether oxygens (including phenoxy) is 2. The fraction of sp³-hybridized carbons (Fsp3) is 0.263. The number of benzene rings is 1. The van der Waals surface area contributed by atoms with Gasteiger partial charge in [0.15, 0.2) is 33.6 Å². The number of anilines is 1. The quantitative estimate of drug-likeness (QED) is 0.381. The van der Waals surface area contributed by atoms with Crippen LogP contribution >= 0.6 is 11.8 Å². The molecule has 1 aliphatic rings. The van der Waals surface area contributed by atoms with Gasteiger partial charge in [0.25, 0.3) is 0 Å². The molecule has 11 heteroatoms. The number of aryl methyl sites for hydroxylation is 1. The van der Waals surface area contributed by atoms with E-state index < -0.39 is 0 Å². The maximum atomic E-state index is 6.06. The van der Waals surface area contributed by atoms with Crippen LogP contribution < -0.4 is 20.9 Å². The van der Waals surface area contributed by atoms with Gasteiger partial charge in [0.1, 0.15) is 6.33 Å². The lowest BCUT2D eigenvalue weighted by atomic mass is 10.1. The molecule has 5 N–H and O–H groups in total. The summed E-state index contributed by atoms with van der Waals surface area (Å²) < 4.78 is 13.2. The van der Waals surface area contributed by atoms with Crippen LogP contribution in [0.4, 0.5) is 5.82 Å². The van der Waals surface area contributed by atoms with E-state index in [9.17, 15) is 0 Å². The molecule has 3 aromatic heterocycles. The van der Waals surface area contributed by atoms with Crippen LogP contribution in [0.15, 0.2) is 40.8 Å². The number of H-pyrrole nitrogens is 1. The van der Waals surface area contributed by atoms with Gasteiger partial charge in [-0.15, -0.1) is 0 Å². The van der Waals surface area contributed by atoms with Crippen LogP contribution in [0.2, 0.25) is 0 Å². The summed E-state index contributed by atoms with van der Waals surface area (Å²) in [4.78, 5) is 14.2. The standard InChI is InChI=1S/C19H20N8O2S/c20-4-1-2-6-27-18-16(17(21)22-9-23-18)25-19(27)30-15-8-14-13(28-10-29-14)7-11(15)12-3-5-24-26-12/h3,5,7-9H,1-2,4,6,10,20H2,(H,24,26)(H2,21,22,23). The van der Waals surface area contributed by atoms with E-state index >= 15 is 0 Å². The molecule has 0 spiro atoms. The fourth-order valence-electron chi connectivity index (χ4n) is 3.35. The molecule has 0 saturated carbocycles. The number of nitrogen functional groups attached to an aromatic ring is 1. The zero-order chi connectivity index (χ0) is 20.5. The third-order valence-electron chi connectivity index (χ3n) is 4.83. The van der Waals surface area contributed by atoms with E-state index in [1.807, 2.05) is 18.2 Å². The monoisotopic (exact) mass is 424 g/mol. The number of aromatic amines is 1. The summed E-state index contributed by atoms with van der Waals surface area (Å²) in [5.41, 5.74) is 14.9. The van der Waals surface area contributed by atoms with Gasteiger partial charge in [-0.3, -0.25) is 5.10 Å². The molecule has 154 valence electrons. The van der Waals surface area contributed by atoms with Gasteiger partial charge in [0.05, 0.1) is 5.69 Å². The highest BCUT2D eigenvalue weighted by molar-refractivity contribution is 7.99. The first kappa shape index (κ1) is 18.7. The molecule has 0 unspecified atom stereocenters. The van der Waals surface area contributed by atoms with Crippen molar-refractivity contribution in [2.45, 2.75) is 29.4 Å². The average molecular weight is 424 g/mol. The van der Waals surface area contributed by atoms with Gasteiger partial charge in [0, 0.05) is 23.2 Å². The van der Waals surface area contributed by atoms with Crippen molar-refractivity contribution < 1.29 is 9.47 Å². The fourth-order valence-corrected chi connectivity index (χ4v) is 4.42. The van der Waals surface area contributed by atoms with Gasteiger partial charge in [-0.25, -0.2) is 15.0 Å². The number of rotatable bonds is 7. The second-order valence-corrected chi connectivity index (χ2v) is 7.76. The van der Waals surface area contributed by atoms with Crippen LogP contribution in [0.3, 0.4) is 0 Å². The lowest BCUT2D eigenvalue weighted by Crippen LogP contribution is -2.05. The molecule has 0 aliphatic carbocycles. The smallest absolute Gasteiger partial charge is 0.231 e. The Balaban J connectivity index is 1.60. The first-order valence-electron chi connectivity index (χ1n) is 9.52. The van der Waals surface area contributed by atoms with E-state index in [1.54, 1.807) is 6.20 Å². The predicted octanol–water partition coefficient (Wildman–Crippen LogP) is 2.42. The second-order valence-electron chi connectivity index (χ2n) is 6.75. The van der Waals surface area contributed by atoms with Crippen LogP contribution in [-0.4, -0.2) is 43.1 Å². The minimum atomic E-state index is 0.204. The molecular weight excluding hydrogens is 404 g/mol. The molecule has 0 bridgehead atoms. The second kappa shape index (κ2) is 7.84. The van der Waals surface area contributed by atoms with Crippen molar-refractivity contribution in [3.8, 4) is 22.8 Å². The van der Waals surface area contributed by atoms with E-state index in [0.717, 1.165) is 40.7 Å². The summed E-state index contributed by atoms with van der Waals surface area (Å²) in [7, 11) is 0. The summed E-state index contributed by atoms with van der Waals surface area (Å²) in [6, 6.07) is 5.82. The zero-order valence-electron chi connectivity index (χ0n) is 16.0. The van der Waals surface area contributed by atoms with E-state index in [4.69, 9.17) is 25.9 Å². The summed E-state index contributed by atoms with van der Waals surface area (Å²) in [5, 5.41) is 7.87. The molecule has 1 aromatic carbocycles. The predicted molar refractivity (Wildman–Crippen MR) is 112 cm³/mol. The number of unbranched alkanes of at least 4 members (excludes halogenated alkanes) is 1. The minimum Gasteiger partial charge on any atom is -0.454 e. The number of nitrogens with zero attached hydrogens (tertiary/aromatic N) is 5. The molecule has 0 atom stereocenters. The number of fused-ring (bicyclic) bond motifs is 2. The van der Waals surface area contributed by atoms with Crippen LogP contribution in [0, 0.1) is 0 Å². The van der Waals surface area contributed by atoms with Crippen molar-refractivity contribution in [3.63, 3.8) is 0 Å². The van der Waals surface area contributed by atoms with Gasteiger partial charge in [-0.1, -0.05) is 11.8 Å². The summed E-state index contributed by atoms with van der Waals surface area (Å²) in [6.07, 6.45) is 5.00. The van der Waals surface area contributed by atoms with Crippen molar-refractivity contribution in [2.75, 3.05) is 19.1 Å². The van der Waals surface area contributed by atoms with Gasteiger partial charge >= 0.3 is 0 Å². The molecule has 10 nitrogen and oxygen atoms in total. The van der Waals surface area contributed by atoms with Crippen molar-refractivity contribution >= 4 is 28.7 Å². The Morgan fingerprint density at radius 2 is 2.03 bits per heavy atom. The largest absolute Gasteiger partial charge is 0.454 e. The highest BCUT2D eigenvalue weighted by Crippen LogP contribution is 2.44. The number of hydrogen-bond acceptors (Lipinski definition) is 9. The SMILES string of the molecule is NCCCCn1c(Sc2cc3c(cc2-c2ccn[nH]2)OCO3)nc2c(N)ncnc21. The van der Waals surface area contributed by atoms with E-state index in [0.29, 0.717) is 35.0 Å². The Kier molecular flexibility index (Phi) is 4.89. The Hall–Kier alpha value is -3.31. The molecule has 4 aromatic rings. The molecule has 0 radical (unpaired) electrons. The number of nitrogens with one attached hydrogen (secondary N) is 1. The molecule has 0 fully saturated rings. The highest BCUT2D eigenvalue weighted by Gasteiger charge is 2.22. The first-order valence-corrected chi connectivity index (χ1v) is 10.3. The first-order chi connectivity index (χ1) is 14.7. The van der Waals surface area contributed by atoms with Gasteiger partial charge < -0.3 is 25.5 Å². The van der Waals surface area contributed by atoms with Crippen molar-refractivity contribution in [3.05, 3.63) is 30.7 Å². The molecule has 5 rings (SSSR count). The lowest BCUT2D eigenvalue weighted by molar-refractivity contribution is 0.174. The Morgan fingerprint density at radius 1 is 1.17 bits per heavy atom. The Labute approximate surface area is 176 Å². The van der Waals surface area contributed by atoms with E-state index in [1.165, 1.54) is 18.1 Å². The molecule has 30 heavy (non-hydrogen) atoms.